The molecule has 0 saturated carbocycles. The average molecular weight is 568 g/mol. The van der Waals surface area contributed by atoms with E-state index in [1.807, 2.05) is 33.2 Å². The molecular weight excluding hydrogens is 537 g/mol. The number of nitrogens with zero attached hydrogens (tertiary/aromatic N) is 6. The van der Waals surface area contributed by atoms with Gasteiger partial charge in [-0.3, -0.25) is 9.48 Å². The Hall–Kier alpha value is -4.84. The number of aromatic nitrogens is 6. The summed E-state index contributed by atoms with van der Waals surface area (Å²) < 4.78 is 22.9. The first-order valence-corrected chi connectivity index (χ1v) is 13.9. The predicted molar refractivity (Wildman–Crippen MR) is 159 cm³/mol. The Balaban J connectivity index is 1.32. The van der Waals surface area contributed by atoms with Crippen molar-refractivity contribution in [2.45, 2.75) is 39.3 Å². The number of benzene rings is 1. The number of aryl methyl sites for hydroxylation is 2. The topological polar surface area (TPSA) is 126 Å². The molecule has 0 aliphatic carbocycles. The van der Waals surface area contributed by atoms with E-state index in [1.165, 1.54) is 6.07 Å². The van der Waals surface area contributed by atoms with E-state index in [2.05, 4.69) is 40.2 Å². The molecule has 7 rings (SSSR count). The number of pyridine rings is 2. The highest BCUT2D eigenvalue weighted by atomic mass is 19.1. The van der Waals surface area contributed by atoms with E-state index in [9.17, 15) is 4.79 Å². The van der Waals surface area contributed by atoms with Crippen LogP contribution in [0, 0.1) is 19.7 Å². The van der Waals surface area contributed by atoms with Crippen LogP contribution >= 0.6 is 0 Å². The van der Waals surface area contributed by atoms with Crippen LogP contribution in [0.3, 0.4) is 0 Å². The summed E-state index contributed by atoms with van der Waals surface area (Å²) in [5.74, 6) is 1.29. The Labute approximate surface area is 240 Å². The van der Waals surface area contributed by atoms with Crippen molar-refractivity contribution in [3.05, 3.63) is 76.1 Å². The summed E-state index contributed by atoms with van der Waals surface area (Å²) in [6, 6.07) is 8.55. The van der Waals surface area contributed by atoms with Gasteiger partial charge in [0.2, 0.25) is 0 Å². The van der Waals surface area contributed by atoms with Crippen LogP contribution in [0.25, 0.3) is 22.0 Å². The quantitative estimate of drug-likeness (QED) is 0.265. The van der Waals surface area contributed by atoms with E-state index in [4.69, 9.17) is 9.84 Å². The molecule has 1 saturated heterocycles. The molecule has 2 aliphatic rings. The van der Waals surface area contributed by atoms with Crippen molar-refractivity contribution in [3.8, 4) is 11.1 Å². The molecule has 5 aromatic rings. The maximum atomic E-state index is 15.3. The van der Waals surface area contributed by atoms with Gasteiger partial charge in [0.15, 0.2) is 0 Å². The van der Waals surface area contributed by atoms with Crippen molar-refractivity contribution in [1.82, 2.24) is 29.7 Å². The van der Waals surface area contributed by atoms with Gasteiger partial charge in [-0.05, 0) is 44.9 Å². The minimum atomic E-state index is -0.395. The molecule has 4 aromatic heterocycles. The fraction of sp³-hybridized carbons (Fsp3) is 0.300. The van der Waals surface area contributed by atoms with E-state index in [0.717, 1.165) is 41.0 Å². The standard InChI is InChI=1S/C30H30FN9O2/c1-16-10-26(35-17(2)34-16)38-27-13-23(28-22(37-27)4-7-32-30(28)41)36-24-12-18(31)11-20-21-14-33-40(19-5-8-42-9-6-19)25(21)15-39(3)29(20)24/h4,7,10-14,19H,5-6,8-9,15H2,1-3H3,(H,32,41)(H2,34,35,36,37,38). The Morgan fingerprint density at radius 1 is 1.00 bits per heavy atom. The van der Waals surface area contributed by atoms with Gasteiger partial charge in [0.25, 0.3) is 5.56 Å². The number of hydrogen-bond acceptors (Lipinski definition) is 9. The molecule has 12 heteroatoms. The minimum absolute atomic E-state index is 0.256. The monoisotopic (exact) mass is 567 g/mol. The third-order valence-electron chi connectivity index (χ3n) is 7.79. The number of ether oxygens (including phenoxy) is 1. The van der Waals surface area contributed by atoms with E-state index in [-0.39, 0.29) is 11.6 Å². The van der Waals surface area contributed by atoms with Gasteiger partial charge in [0.05, 0.1) is 52.4 Å². The zero-order valence-corrected chi connectivity index (χ0v) is 23.5. The van der Waals surface area contributed by atoms with Gasteiger partial charge >= 0.3 is 0 Å². The Bertz CT molecular complexity index is 1870. The third-order valence-corrected chi connectivity index (χ3v) is 7.79. The largest absolute Gasteiger partial charge is 0.381 e. The SMILES string of the molecule is Cc1cc(Nc2cc(Nc3cc(F)cc4c3N(C)Cc3c-4cnn3C3CCOCC3)c3c(=O)[nH]ccc3n2)nc(C)n1. The molecule has 0 unspecified atom stereocenters. The first-order chi connectivity index (χ1) is 20.3. The second-order valence-electron chi connectivity index (χ2n) is 10.8. The van der Waals surface area contributed by atoms with Crippen molar-refractivity contribution in [3.63, 3.8) is 0 Å². The number of anilines is 5. The Morgan fingerprint density at radius 3 is 2.62 bits per heavy atom. The summed E-state index contributed by atoms with van der Waals surface area (Å²) in [6.45, 7) is 5.74. The van der Waals surface area contributed by atoms with E-state index in [0.29, 0.717) is 59.5 Å². The van der Waals surface area contributed by atoms with Crippen LogP contribution in [0.2, 0.25) is 0 Å². The highest BCUT2D eigenvalue weighted by molar-refractivity contribution is 5.98. The van der Waals surface area contributed by atoms with Crippen LogP contribution in [0.4, 0.5) is 33.1 Å². The van der Waals surface area contributed by atoms with Crippen molar-refractivity contribution in [1.29, 1.82) is 0 Å². The van der Waals surface area contributed by atoms with Crippen molar-refractivity contribution >= 4 is 39.6 Å². The van der Waals surface area contributed by atoms with E-state index >= 15 is 4.39 Å². The zero-order chi connectivity index (χ0) is 29.0. The molecule has 0 radical (unpaired) electrons. The number of fused-ring (bicyclic) bond motifs is 4. The normalized spacial score (nSPS) is 15.0. The van der Waals surface area contributed by atoms with Gasteiger partial charge in [0, 0.05) is 55.4 Å². The molecule has 6 heterocycles. The van der Waals surface area contributed by atoms with Gasteiger partial charge in [-0.1, -0.05) is 0 Å². The van der Waals surface area contributed by atoms with Crippen LogP contribution in [-0.2, 0) is 11.3 Å². The summed E-state index contributed by atoms with van der Waals surface area (Å²) in [4.78, 5) is 31.3. The van der Waals surface area contributed by atoms with Crippen LogP contribution in [0.1, 0.15) is 36.1 Å². The molecule has 0 spiro atoms. The molecule has 11 nitrogen and oxygen atoms in total. The highest BCUT2D eigenvalue weighted by Crippen LogP contribution is 2.45. The molecule has 1 fully saturated rings. The molecule has 0 amide bonds. The summed E-state index contributed by atoms with van der Waals surface area (Å²) in [6.07, 6.45) is 5.18. The zero-order valence-electron chi connectivity index (χ0n) is 23.5. The molecule has 214 valence electrons. The van der Waals surface area contributed by atoms with Gasteiger partial charge in [-0.25, -0.2) is 19.3 Å². The number of nitrogens with one attached hydrogen (secondary N) is 3. The number of halogens is 1. The van der Waals surface area contributed by atoms with Crippen molar-refractivity contribution in [2.24, 2.45) is 0 Å². The predicted octanol–water partition coefficient (Wildman–Crippen LogP) is 5.12. The summed E-state index contributed by atoms with van der Waals surface area (Å²) in [7, 11) is 1.98. The maximum absolute atomic E-state index is 15.3. The Kier molecular flexibility index (Phi) is 6.34. The van der Waals surface area contributed by atoms with Gasteiger partial charge < -0.3 is 25.3 Å². The van der Waals surface area contributed by atoms with Crippen LogP contribution in [-0.4, -0.2) is 50.0 Å². The lowest BCUT2D eigenvalue weighted by atomic mass is 9.97. The van der Waals surface area contributed by atoms with Gasteiger partial charge in [0.1, 0.15) is 23.3 Å². The summed E-state index contributed by atoms with van der Waals surface area (Å²) >= 11 is 0. The molecular formula is C30H30FN9O2. The fourth-order valence-electron chi connectivity index (χ4n) is 6.04. The molecule has 1 aromatic carbocycles. The molecule has 0 bridgehead atoms. The summed E-state index contributed by atoms with van der Waals surface area (Å²) in [5, 5.41) is 11.7. The van der Waals surface area contributed by atoms with Gasteiger partial charge in [-0.15, -0.1) is 0 Å². The molecule has 42 heavy (non-hydrogen) atoms. The van der Waals surface area contributed by atoms with Crippen LogP contribution < -0.4 is 21.1 Å². The molecule has 3 N–H and O–H groups in total. The van der Waals surface area contributed by atoms with Crippen LogP contribution in [0.5, 0.6) is 0 Å². The summed E-state index contributed by atoms with van der Waals surface area (Å²) in [5.41, 5.74) is 5.54. The van der Waals surface area contributed by atoms with E-state index < -0.39 is 5.82 Å². The minimum Gasteiger partial charge on any atom is -0.381 e. The van der Waals surface area contributed by atoms with Crippen molar-refractivity contribution < 1.29 is 9.13 Å². The number of hydrogen-bond donors (Lipinski definition) is 3. The lowest BCUT2D eigenvalue weighted by Crippen LogP contribution is -2.28. The van der Waals surface area contributed by atoms with Crippen LogP contribution in [0.15, 0.2) is 47.5 Å². The lowest BCUT2D eigenvalue weighted by molar-refractivity contribution is 0.0654. The number of aromatic amines is 1. The second-order valence-corrected chi connectivity index (χ2v) is 10.8. The maximum Gasteiger partial charge on any atom is 0.259 e. The first-order valence-electron chi connectivity index (χ1n) is 13.9. The lowest BCUT2D eigenvalue weighted by Gasteiger charge is -2.32. The second kappa shape index (κ2) is 10.2. The molecule has 0 atom stereocenters. The molecule has 2 aliphatic heterocycles. The fourth-order valence-corrected chi connectivity index (χ4v) is 6.04. The smallest absolute Gasteiger partial charge is 0.259 e. The van der Waals surface area contributed by atoms with Gasteiger partial charge in [-0.2, -0.15) is 5.10 Å². The third kappa shape index (κ3) is 4.63. The number of H-pyrrole nitrogens is 1. The average Bonchev–Trinajstić information content (AvgIpc) is 3.36. The Morgan fingerprint density at radius 2 is 1.81 bits per heavy atom. The number of rotatable bonds is 5. The first kappa shape index (κ1) is 26.1. The van der Waals surface area contributed by atoms with E-state index in [1.54, 1.807) is 24.4 Å². The van der Waals surface area contributed by atoms with Crippen molar-refractivity contribution in [2.75, 3.05) is 35.8 Å². The highest BCUT2D eigenvalue weighted by Gasteiger charge is 2.30.